The van der Waals surface area contributed by atoms with Gasteiger partial charge >= 0.3 is 0 Å². The molecular formula is C23H28N2O2. The van der Waals surface area contributed by atoms with E-state index in [1.807, 2.05) is 54.0 Å². The number of hydrogen-bond donors (Lipinski definition) is 0. The molecule has 0 radical (unpaired) electrons. The Labute approximate surface area is 161 Å². The van der Waals surface area contributed by atoms with Gasteiger partial charge in [0.25, 0.3) is 0 Å². The zero-order chi connectivity index (χ0) is 19.2. The van der Waals surface area contributed by atoms with Crippen molar-refractivity contribution >= 4 is 11.8 Å². The molecule has 0 bridgehead atoms. The maximum absolute atomic E-state index is 12.7. The summed E-state index contributed by atoms with van der Waals surface area (Å²) in [5.74, 6) is 0.331. The summed E-state index contributed by atoms with van der Waals surface area (Å²) in [5, 5.41) is 0. The van der Waals surface area contributed by atoms with E-state index in [4.69, 9.17) is 0 Å². The Kier molecular flexibility index (Phi) is 6.28. The monoisotopic (exact) mass is 364 g/mol. The van der Waals surface area contributed by atoms with Gasteiger partial charge in [0, 0.05) is 32.1 Å². The topological polar surface area (TPSA) is 40.6 Å². The van der Waals surface area contributed by atoms with Gasteiger partial charge in [-0.25, -0.2) is 0 Å². The highest BCUT2D eigenvalue weighted by Crippen LogP contribution is 2.19. The highest BCUT2D eigenvalue weighted by molar-refractivity contribution is 5.80. The van der Waals surface area contributed by atoms with E-state index in [1.54, 1.807) is 0 Å². The van der Waals surface area contributed by atoms with E-state index in [1.165, 1.54) is 5.56 Å². The molecule has 4 heteroatoms. The first-order chi connectivity index (χ1) is 13.0. The summed E-state index contributed by atoms with van der Waals surface area (Å²) in [6, 6.07) is 18.4. The molecule has 0 saturated carbocycles. The normalized spacial score (nSPS) is 14.9. The highest BCUT2D eigenvalue weighted by atomic mass is 16.2. The largest absolute Gasteiger partial charge is 0.341 e. The molecule has 1 aliphatic heterocycles. The Balaban J connectivity index is 1.58. The van der Waals surface area contributed by atoms with Crippen LogP contribution in [0.15, 0.2) is 54.6 Å². The van der Waals surface area contributed by atoms with Gasteiger partial charge in [0.1, 0.15) is 0 Å². The number of benzene rings is 2. The van der Waals surface area contributed by atoms with E-state index in [0.29, 0.717) is 19.5 Å². The maximum atomic E-state index is 12.7. The summed E-state index contributed by atoms with van der Waals surface area (Å²) in [6.07, 6.45) is 1.25. The van der Waals surface area contributed by atoms with Crippen molar-refractivity contribution in [2.75, 3.05) is 26.2 Å². The van der Waals surface area contributed by atoms with E-state index < -0.39 is 0 Å². The number of carbonyl (C=O) groups excluding carboxylic acids is 2. The SMILES string of the molecule is CC(C)C(=O)N1CCCN(C(=O)Cc2ccc(-c3ccccc3)cc2)CC1. The second-order valence-corrected chi connectivity index (χ2v) is 7.45. The fraction of sp³-hybridized carbons (Fsp3) is 0.391. The van der Waals surface area contributed by atoms with Crippen LogP contribution in [0.1, 0.15) is 25.8 Å². The lowest BCUT2D eigenvalue weighted by molar-refractivity contribution is -0.135. The molecule has 0 unspecified atom stereocenters. The van der Waals surface area contributed by atoms with Crippen LogP contribution in [-0.4, -0.2) is 47.8 Å². The van der Waals surface area contributed by atoms with Gasteiger partial charge in [-0.05, 0) is 23.1 Å². The maximum Gasteiger partial charge on any atom is 0.227 e. The molecule has 2 aromatic carbocycles. The predicted molar refractivity (Wildman–Crippen MR) is 108 cm³/mol. The minimum atomic E-state index is 0.00961. The summed E-state index contributed by atoms with van der Waals surface area (Å²) in [5.41, 5.74) is 3.36. The lowest BCUT2D eigenvalue weighted by Crippen LogP contribution is -2.39. The third-order valence-electron chi connectivity index (χ3n) is 5.07. The fourth-order valence-electron chi connectivity index (χ4n) is 3.48. The van der Waals surface area contributed by atoms with Crippen LogP contribution < -0.4 is 0 Å². The van der Waals surface area contributed by atoms with Crippen LogP contribution in [0, 0.1) is 5.92 Å². The zero-order valence-electron chi connectivity index (χ0n) is 16.2. The molecule has 1 saturated heterocycles. The summed E-state index contributed by atoms with van der Waals surface area (Å²) in [6.45, 7) is 6.58. The summed E-state index contributed by atoms with van der Waals surface area (Å²) >= 11 is 0. The molecule has 0 aromatic heterocycles. The Morgan fingerprint density at radius 1 is 0.815 bits per heavy atom. The van der Waals surface area contributed by atoms with Crippen molar-refractivity contribution in [1.82, 2.24) is 9.80 Å². The van der Waals surface area contributed by atoms with Gasteiger partial charge in [0.05, 0.1) is 6.42 Å². The lowest BCUT2D eigenvalue weighted by atomic mass is 10.0. The van der Waals surface area contributed by atoms with Gasteiger partial charge in [-0.2, -0.15) is 0 Å². The van der Waals surface area contributed by atoms with Gasteiger partial charge in [0.15, 0.2) is 0 Å². The summed E-state index contributed by atoms with van der Waals surface area (Å²) < 4.78 is 0. The first-order valence-corrected chi connectivity index (χ1v) is 9.75. The van der Waals surface area contributed by atoms with Crippen molar-refractivity contribution in [3.8, 4) is 11.1 Å². The predicted octanol–water partition coefficient (Wildman–Crippen LogP) is 3.61. The second-order valence-electron chi connectivity index (χ2n) is 7.45. The van der Waals surface area contributed by atoms with Crippen molar-refractivity contribution in [3.63, 3.8) is 0 Å². The fourth-order valence-corrected chi connectivity index (χ4v) is 3.48. The van der Waals surface area contributed by atoms with E-state index in [0.717, 1.165) is 30.6 Å². The minimum absolute atomic E-state index is 0.00961. The zero-order valence-corrected chi connectivity index (χ0v) is 16.2. The minimum Gasteiger partial charge on any atom is -0.341 e. The first kappa shape index (κ1) is 19.2. The quantitative estimate of drug-likeness (QED) is 0.831. The van der Waals surface area contributed by atoms with Gasteiger partial charge in [-0.1, -0.05) is 68.4 Å². The first-order valence-electron chi connectivity index (χ1n) is 9.75. The second kappa shape index (κ2) is 8.85. The molecule has 2 amide bonds. The van der Waals surface area contributed by atoms with Crippen LogP contribution in [0.4, 0.5) is 0 Å². The molecule has 1 fully saturated rings. The molecule has 27 heavy (non-hydrogen) atoms. The van der Waals surface area contributed by atoms with Gasteiger partial charge < -0.3 is 9.80 Å². The molecule has 0 aliphatic carbocycles. The van der Waals surface area contributed by atoms with E-state index in [9.17, 15) is 9.59 Å². The average Bonchev–Trinajstić information content (AvgIpc) is 2.95. The highest BCUT2D eigenvalue weighted by Gasteiger charge is 2.23. The van der Waals surface area contributed by atoms with Crippen molar-refractivity contribution in [1.29, 1.82) is 0 Å². The molecule has 1 heterocycles. The van der Waals surface area contributed by atoms with Crippen LogP contribution in [-0.2, 0) is 16.0 Å². The molecule has 142 valence electrons. The Morgan fingerprint density at radius 2 is 1.41 bits per heavy atom. The van der Waals surface area contributed by atoms with Crippen molar-refractivity contribution < 1.29 is 9.59 Å². The summed E-state index contributed by atoms with van der Waals surface area (Å²) in [4.78, 5) is 28.7. The number of hydrogen-bond acceptors (Lipinski definition) is 2. The molecule has 4 nitrogen and oxygen atoms in total. The van der Waals surface area contributed by atoms with E-state index in [2.05, 4.69) is 24.3 Å². The number of nitrogens with zero attached hydrogens (tertiary/aromatic N) is 2. The molecule has 3 rings (SSSR count). The lowest BCUT2D eigenvalue weighted by Gasteiger charge is -2.23. The van der Waals surface area contributed by atoms with Crippen molar-refractivity contribution in [3.05, 3.63) is 60.2 Å². The van der Waals surface area contributed by atoms with Crippen LogP contribution >= 0.6 is 0 Å². The van der Waals surface area contributed by atoms with Crippen molar-refractivity contribution in [2.45, 2.75) is 26.7 Å². The third-order valence-corrected chi connectivity index (χ3v) is 5.07. The Bertz CT molecular complexity index is 769. The van der Waals surface area contributed by atoms with Crippen LogP contribution in [0.5, 0.6) is 0 Å². The standard InChI is InChI=1S/C23H28N2O2/c1-18(2)23(27)25-14-6-13-24(15-16-25)22(26)17-19-9-11-21(12-10-19)20-7-4-3-5-8-20/h3-5,7-12,18H,6,13-17H2,1-2H3. The van der Waals surface area contributed by atoms with Gasteiger partial charge in [0.2, 0.25) is 11.8 Å². The van der Waals surface area contributed by atoms with Gasteiger partial charge in [-0.3, -0.25) is 9.59 Å². The molecule has 2 aromatic rings. The number of amides is 2. The number of carbonyl (C=O) groups is 2. The van der Waals surface area contributed by atoms with Gasteiger partial charge in [-0.15, -0.1) is 0 Å². The van der Waals surface area contributed by atoms with E-state index >= 15 is 0 Å². The molecule has 0 spiro atoms. The van der Waals surface area contributed by atoms with Crippen LogP contribution in [0.25, 0.3) is 11.1 Å². The number of rotatable bonds is 4. The third kappa shape index (κ3) is 4.97. The van der Waals surface area contributed by atoms with E-state index in [-0.39, 0.29) is 17.7 Å². The Hall–Kier alpha value is -2.62. The smallest absolute Gasteiger partial charge is 0.227 e. The molecular weight excluding hydrogens is 336 g/mol. The average molecular weight is 364 g/mol. The molecule has 0 atom stereocenters. The van der Waals surface area contributed by atoms with Crippen LogP contribution in [0.2, 0.25) is 0 Å². The van der Waals surface area contributed by atoms with Crippen LogP contribution in [0.3, 0.4) is 0 Å². The van der Waals surface area contributed by atoms with Crippen molar-refractivity contribution in [2.24, 2.45) is 5.92 Å². The Morgan fingerprint density at radius 3 is 2.07 bits per heavy atom. The molecule has 1 aliphatic rings. The molecule has 0 N–H and O–H groups in total. The summed E-state index contributed by atoms with van der Waals surface area (Å²) in [7, 11) is 0.